The zero-order valence-corrected chi connectivity index (χ0v) is 7.97. The Balaban J connectivity index is 2.25. The van der Waals surface area contributed by atoms with Crippen LogP contribution < -0.4 is 10.6 Å². The molecule has 0 aliphatic carbocycles. The maximum Gasteiger partial charge on any atom is 0.243 e. The third kappa shape index (κ3) is 3.90. The molecule has 0 saturated carbocycles. The van der Waals surface area contributed by atoms with Crippen molar-refractivity contribution >= 4 is 5.91 Å². The van der Waals surface area contributed by atoms with Crippen molar-refractivity contribution in [1.82, 2.24) is 10.6 Å². The topological polar surface area (TPSA) is 41.1 Å². The Bertz CT molecular complexity index is 231. The van der Waals surface area contributed by atoms with Crippen LogP contribution in [0.1, 0.15) is 13.3 Å². The Morgan fingerprint density at radius 3 is 3.23 bits per heavy atom. The maximum absolute atomic E-state index is 11.0. The fourth-order valence-corrected chi connectivity index (χ4v) is 1.24. The summed E-state index contributed by atoms with van der Waals surface area (Å²) in [7, 11) is 0. The number of rotatable bonds is 3. The van der Waals surface area contributed by atoms with E-state index >= 15 is 0 Å². The summed E-state index contributed by atoms with van der Waals surface area (Å²) in [5.74, 6) is -0.0121. The lowest BCUT2D eigenvalue weighted by Gasteiger charge is -2.13. The molecule has 3 heteroatoms. The molecule has 1 aliphatic heterocycles. The van der Waals surface area contributed by atoms with Gasteiger partial charge in [-0.3, -0.25) is 4.79 Å². The number of nitrogens with one attached hydrogen (secondary N) is 2. The lowest BCUT2D eigenvalue weighted by Crippen LogP contribution is -2.28. The van der Waals surface area contributed by atoms with Crippen molar-refractivity contribution in [1.29, 1.82) is 0 Å². The SMILES string of the molecule is C/C=C/C(=O)NCC1=CCNCC1. The molecular formula is C10H16N2O. The van der Waals surface area contributed by atoms with Crippen molar-refractivity contribution in [3.05, 3.63) is 23.8 Å². The average molecular weight is 180 g/mol. The van der Waals surface area contributed by atoms with E-state index in [0.29, 0.717) is 6.54 Å². The van der Waals surface area contributed by atoms with E-state index in [2.05, 4.69) is 16.7 Å². The Labute approximate surface area is 78.9 Å². The summed E-state index contributed by atoms with van der Waals surface area (Å²) in [5.41, 5.74) is 1.32. The van der Waals surface area contributed by atoms with Crippen LogP contribution in [0.25, 0.3) is 0 Å². The number of allylic oxidation sites excluding steroid dienone is 1. The fraction of sp³-hybridized carbons (Fsp3) is 0.500. The van der Waals surface area contributed by atoms with Crippen molar-refractivity contribution in [2.75, 3.05) is 19.6 Å². The predicted molar refractivity (Wildman–Crippen MR) is 53.4 cm³/mol. The molecule has 0 spiro atoms. The Morgan fingerprint density at radius 2 is 2.62 bits per heavy atom. The minimum Gasteiger partial charge on any atom is -0.349 e. The molecule has 0 aromatic carbocycles. The maximum atomic E-state index is 11.0. The van der Waals surface area contributed by atoms with Crippen molar-refractivity contribution in [3.63, 3.8) is 0 Å². The van der Waals surface area contributed by atoms with E-state index in [1.54, 1.807) is 12.2 Å². The van der Waals surface area contributed by atoms with E-state index in [1.165, 1.54) is 5.57 Å². The van der Waals surface area contributed by atoms with Gasteiger partial charge in [-0.25, -0.2) is 0 Å². The van der Waals surface area contributed by atoms with Gasteiger partial charge in [0.15, 0.2) is 0 Å². The Kier molecular flexibility index (Phi) is 4.26. The first kappa shape index (κ1) is 9.99. The van der Waals surface area contributed by atoms with Crippen molar-refractivity contribution in [2.45, 2.75) is 13.3 Å². The second-order valence-electron chi connectivity index (χ2n) is 3.03. The normalized spacial score (nSPS) is 17.2. The highest BCUT2D eigenvalue weighted by molar-refractivity contribution is 5.87. The summed E-state index contributed by atoms with van der Waals surface area (Å²) in [4.78, 5) is 11.0. The molecule has 0 aromatic heterocycles. The van der Waals surface area contributed by atoms with E-state index < -0.39 is 0 Å². The van der Waals surface area contributed by atoms with E-state index in [1.807, 2.05) is 6.92 Å². The Hall–Kier alpha value is -1.09. The van der Waals surface area contributed by atoms with E-state index in [9.17, 15) is 4.79 Å². The lowest BCUT2D eigenvalue weighted by atomic mass is 10.1. The van der Waals surface area contributed by atoms with Gasteiger partial charge >= 0.3 is 0 Å². The van der Waals surface area contributed by atoms with Gasteiger partial charge in [0.2, 0.25) is 5.91 Å². The molecule has 1 aliphatic rings. The summed E-state index contributed by atoms with van der Waals surface area (Å²) in [6.07, 6.45) is 6.46. The first-order valence-electron chi connectivity index (χ1n) is 4.62. The van der Waals surface area contributed by atoms with Gasteiger partial charge in [-0.1, -0.05) is 17.7 Å². The van der Waals surface area contributed by atoms with Crippen molar-refractivity contribution < 1.29 is 4.79 Å². The molecule has 0 aromatic rings. The van der Waals surface area contributed by atoms with Gasteiger partial charge < -0.3 is 10.6 Å². The van der Waals surface area contributed by atoms with Crippen molar-refractivity contribution in [2.24, 2.45) is 0 Å². The van der Waals surface area contributed by atoms with Gasteiger partial charge in [-0.2, -0.15) is 0 Å². The monoisotopic (exact) mass is 180 g/mol. The number of carbonyl (C=O) groups excluding carboxylic acids is 1. The quantitative estimate of drug-likeness (QED) is 0.493. The minimum absolute atomic E-state index is 0.0121. The number of amides is 1. The first-order valence-corrected chi connectivity index (χ1v) is 4.62. The molecule has 13 heavy (non-hydrogen) atoms. The van der Waals surface area contributed by atoms with Crippen LogP contribution in [0.2, 0.25) is 0 Å². The number of hydrogen-bond acceptors (Lipinski definition) is 2. The summed E-state index contributed by atoms with van der Waals surface area (Å²) >= 11 is 0. The summed E-state index contributed by atoms with van der Waals surface area (Å²) in [5, 5.41) is 6.06. The smallest absolute Gasteiger partial charge is 0.243 e. The van der Waals surface area contributed by atoms with Gasteiger partial charge in [0.1, 0.15) is 0 Å². The number of hydrogen-bond donors (Lipinski definition) is 2. The molecule has 0 radical (unpaired) electrons. The zero-order chi connectivity index (χ0) is 9.52. The van der Waals surface area contributed by atoms with Gasteiger partial charge in [0, 0.05) is 13.1 Å². The van der Waals surface area contributed by atoms with Crippen molar-refractivity contribution in [3.8, 4) is 0 Å². The largest absolute Gasteiger partial charge is 0.349 e. The van der Waals surface area contributed by atoms with Gasteiger partial charge in [-0.05, 0) is 26.0 Å². The predicted octanol–water partition coefficient (Wildman–Crippen LogP) is 0.598. The van der Waals surface area contributed by atoms with Gasteiger partial charge in [-0.15, -0.1) is 0 Å². The average Bonchev–Trinajstić information content (AvgIpc) is 2.17. The molecule has 1 rings (SSSR count). The molecule has 1 amide bonds. The van der Waals surface area contributed by atoms with Crippen LogP contribution in [0, 0.1) is 0 Å². The molecule has 0 unspecified atom stereocenters. The minimum atomic E-state index is -0.0121. The molecule has 3 nitrogen and oxygen atoms in total. The van der Waals surface area contributed by atoms with Crippen LogP contribution in [0.5, 0.6) is 0 Å². The molecule has 72 valence electrons. The third-order valence-electron chi connectivity index (χ3n) is 1.97. The van der Waals surface area contributed by atoms with Gasteiger partial charge in [0.05, 0.1) is 0 Å². The Morgan fingerprint density at radius 1 is 1.77 bits per heavy atom. The van der Waals surface area contributed by atoms with Crippen LogP contribution in [-0.2, 0) is 4.79 Å². The molecule has 2 N–H and O–H groups in total. The summed E-state index contributed by atoms with van der Waals surface area (Å²) in [6.45, 7) is 4.47. The fourth-order valence-electron chi connectivity index (χ4n) is 1.24. The highest BCUT2D eigenvalue weighted by Crippen LogP contribution is 2.01. The molecule has 1 heterocycles. The van der Waals surface area contributed by atoms with E-state index in [4.69, 9.17) is 0 Å². The molecular weight excluding hydrogens is 164 g/mol. The van der Waals surface area contributed by atoms with Crippen LogP contribution in [0.3, 0.4) is 0 Å². The number of carbonyl (C=O) groups is 1. The van der Waals surface area contributed by atoms with E-state index in [0.717, 1.165) is 19.5 Å². The molecule has 0 bridgehead atoms. The van der Waals surface area contributed by atoms with Crippen LogP contribution in [0.15, 0.2) is 23.8 Å². The second kappa shape index (κ2) is 5.54. The highest BCUT2D eigenvalue weighted by Gasteiger charge is 2.02. The molecule has 0 saturated heterocycles. The third-order valence-corrected chi connectivity index (χ3v) is 1.97. The standard InChI is InChI=1S/C10H16N2O/c1-2-3-10(13)12-8-9-4-6-11-7-5-9/h2-4,11H,5-8H2,1H3,(H,12,13)/b3-2+. The van der Waals surface area contributed by atoms with Crippen LogP contribution in [-0.4, -0.2) is 25.5 Å². The zero-order valence-electron chi connectivity index (χ0n) is 7.97. The van der Waals surface area contributed by atoms with Crippen LogP contribution in [0.4, 0.5) is 0 Å². The first-order chi connectivity index (χ1) is 6.33. The van der Waals surface area contributed by atoms with Crippen LogP contribution >= 0.6 is 0 Å². The summed E-state index contributed by atoms with van der Waals surface area (Å²) in [6, 6.07) is 0. The highest BCUT2D eigenvalue weighted by atomic mass is 16.1. The summed E-state index contributed by atoms with van der Waals surface area (Å²) < 4.78 is 0. The van der Waals surface area contributed by atoms with E-state index in [-0.39, 0.29) is 5.91 Å². The molecule has 0 atom stereocenters. The lowest BCUT2D eigenvalue weighted by molar-refractivity contribution is -0.116. The van der Waals surface area contributed by atoms with Gasteiger partial charge in [0.25, 0.3) is 0 Å². The molecule has 0 fully saturated rings. The second-order valence-corrected chi connectivity index (χ2v) is 3.03.